The molecule has 0 unspecified atom stereocenters. The highest BCUT2D eigenvalue weighted by Crippen LogP contribution is 2.05. The summed E-state index contributed by atoms with van der Waals surface area (Å²) >= 11 is 0. The number of hydrogen-bond acceptors (Lipinski definition) is 8. The third kappa shape index (κ3) is 13.1. The van der Waals surface area contributed by atoms with Gasteiger partial charge in [-0.05, 0) is 32.4 Å². The Morgan fingerprint density at radius 2 is 1.19 bits per heavy atom. The average molecular weight is 307 g/mol. The molecule has 0 spiro atoms. The summed E-state index contributed by atoms with van der Waals surface area (Å²) in [5, 5.41) is 0. The topological polar surface area (TPSA) is 144 Å². The Bertz CT molecular complexity index is 210. The van der Waals surface area contributed by atoms with Gasteiger partial charge in [-0.25, -0.2) is 0 Å². The lowest BCUT2D eigenvalue weighted by Crippen LogP contribution is -2.53. The normalized spacial score (nSPS) is 12.0. The van der Waals surface area contributed by atoms with E-state index in [9.17, 15) is 0 Å². The number of nitrogens with one attached hydrogen (secondary N) is 1. The van der Waals surface area contributed by atoms with E-state index in [2.05, 4.69) is 5.43 Å². The summed E-state index contributed by atoms with van der Waals surface area (Å²) in [6, 6.07) is 0. The summed E-state index contributed by atoms with van der Waals surface area (Å²) in [6.45, 7) is 4.83. The fourth-order valence-electron chi connectivity index (χ4n) is 1.60. The predicted molar refractivity (Wildman–Crippen MR) is 83.5 cm³/mol. The van der Waals surface area contributed by atoms with E-state index in [1.54, 1.807) is 0 Å². The second-order valence-corrected chi connectivity index (χ2v) is 5.11. The first-order valence-electron chi connectivity index (χ1n) is 7.54. The molecule has 9 N–H and O–H groups in total. The third-order valence-electron chi connectivity index (χ3n) is 2.76. The van der Waals surface area contributed by atoms with Crippen LogP contribution in [-0.2, 0) is 14.2 Å². The van der Waals surface area contributed by atoms with Crippen LogP contribution in [0.4, 0.5) is 0 Å². The van der Waals surface area contributed by atoms with Crippen LogP contribution < -0.4 is 28.5 Å². The van der Waals surface area contributed by atoms with E-state index in [1.165, 1.54) is 0 Å². The summed E-state index contributed by atoms with van der Waals surface area (Å²) in [5.74, 6) is 5.19. The minimum Gasteiger partial charge on any atom is -0.379 e. The third-order valence-corrected chi connectivity index (χ3v) is 2.76. The van der Waals surface area contributed by atoms with Crippen LogP contribution in [0.25, 0.3) is 0 Å². The maximum Gasteiger partial charge on any atom is 0.0865 e. The van der Waals surface area contributed by atoms with Crippen molar-refractivity contribution in [2.24, 2.45) is 23.0 Å². The summed E-state index contributed by atoms with van der Waals surface area (Å²) in [6.07, 6.45) is 2.45. The molecule has 128 valence electrons. The molecule has 0 rings (SSSR count). The van der Waals surface area contributed by atoms with Gasteiger partial charge in [-0.2, -0.15) is 0 Å². The van der Waals surface area contributed by atoms with Crippen LogP contribution in [0, 0.1) is 0 Å². The molecule has 0 heterocycles. The summed E-state index contributed by atoms with van der Waals surface area (Å²) in [7, 11) is 0. The summed E-state index contributed by atoms with van der Waals surface area (Å²) in [4.78, 5) is 0. The Morgan fingerprint density at radius 3 is 1.57 bits per heavy atom. The Hall–Kier alpha value is -0.320. The van der Waals surface area contributed by atoms with Crippen LogP contribution in [0.2, 0.25) is 0 Å². The van der Waals surface area contributed by atoms with Crippen molar-refractivity contribution in [3.63, 3.8) is 0 Å². The van der Waals surface area contributed by atoms with Gasteiger partial charge in [0.1, 0.15) is 0 Å². The van der Waals surface area contributed by atoms with Gasteiger partial charge in [0.15, 0.2) is 0 Å². The largest absolute Gasteiger partial charge is 0.379 e. The second-order valence-electron chi connectivity index (χ2n) is 5.11. The van der Waals surface area contributed by atoms with Crippen LogP contribution in [0.3, 0.4) is 0 Å². The number of hydrogen-bond donors (Lipinski definition) is 5. The van der Waals surface area contributed by atoms with Crippen LogP contribution in [0.1, 0.15) is 19.3 Å². The van der Waals surface area contributed by atoms with Crippen molar-refractivity contribution >= 4 is 0 Å². The van der Waals surface area contributed by atoms with Gasteiger partial charge in [0.05, 0.1) is 25.4 Å². The van der Waals surface area contributed by atoms with Gasteiger partial charge in [-0.15, -0.1) is 0 Å². The van der Waals surface area contributed by atoms with Crippen molar-refractivity contribution in [2.45, 2.75) is 24.8 Å². The molecule has 0 radical (unpaired) electrons. The van der Waals surface area contributed by atoms with Gasteiger partial charge in [-0.3, -0.25) is 11.3 Å². The molecule has 0 saturated carbocycles. The lowest BCUT2D eigenvalue weighted by atomic mass is 10.1. The zero-order chi connectivity index (χ0) is 15.8. The van der Waals surface area contributed by atoms with E-state index in [-0.39, 0.29) is 0 Å². The molecule has 21 heavy (non-hydrogen) atoms. The van der Waals surface area contributed by atoms with Gasteiger partial charge in [0, 0.05) is 26.4 Å². The lowest BCUT2D eigenvalue weighted by Gasteiger charge is -2.29. The number of ether oxygens (including phenoxy) is 3. The first kappa shape index (κ1) is 20.7. The zero-order valence-corrected chi connectivity index (χ0v) is 13.0. The molecular formula is C13H33N5O3. The van der Waals surface area contributed by atoms with Gasteiger partial charge in [0.25, 0.3) is 0 Å². The molecule has 0 atom stereocenters. The first-order chi connectivity index (χ1) is 10.2. The smallest absolute Gasteiger partial charge is 0.0865 e. The fraction of sp³-hybridized carbons (Fsp3) is 1.00. The van der Waals surface area contributed by atoms with Gasteiger partial charge >= 0.3 is 0 Å². The van der Waals surface area contributed by atoms with E-state index >= 15 is 0 Å². The van der Waals surface area contributed by atoms with E-state index in [4.69, 9.17) is 37.3 Å². The van der Waals surface area contributed by atoms with Crippen molar-refractivity contribution in [2.75, 3.05) is 59.3 Å². The monoisotopic (exact) mass is 307 g/mol. The molecule has 0 aliphatic rings. The molecule has 0 aliphatic heterocycles. The minimum atomic E-state index is -0.653. The van der Waals surface area contributed by atoms with Crippen LogP contribution >= 0.6 is 0 Å². The highest BCUT2D eigenvalue weighted by Gasteiger charge is 2.26. The van der Waals surface area contributed by atoms with E-state index in [1.807, 2.05) is 0 Å². The Kier molecular flexibility index (Phi) is 14.4. The van der Waals surface area contributed by atoms with Crippen molar-refractivity contribution in [1.82, 2.24) is 5.43 Å². The second kappa shape index (κ2) is 14.6. The maximum absolute atomic E-state index is 6.30. The van der Waals surface area contributed by atoms with Crippen LogP contribution in [0.5, 0.6) is 0 Å². The number of hydrazine groups is 1. The molecule has 0 bridgehead atoms. The molecule has 8 heteroatoms. The van der Waals surface area contributed by atoms with E-state index in [0.29, 0.717) is 59.3 Å². The van der Waals surface area contributed by atoms with Crippen LogP contribution in [0.15, 0.2) is 0 Å². The quantitative estimate of drug-likeness (QED) is 0.129. The van der Waals surface area contributed by atoms with Gasteiger partial charge in [-0.1, -0.05) is 0 Å². The summed E-state index contributed by atoms with van der Waals surface area (Å²) < 4.78 is 16.7. The summed E-state index contributed by atoms with van der Waals surface area (Å²) in [5.41, 5.74) is 19.1. The van der Waals surface area contributed by atoms with Gasteiger partial charge < -0.3 is 31.4 Å². The molecular weight excluding hydrogens is 274 g/mol. The van der Waals surface area contributed by atoms with E-state index < -0.39 is 5.54 Å². The molecule has 0 aromatic heterocycles. The Labute approximate surface area is 127 Å². The van der Waals surface area contributed by atoms with E-state index in [0.717, 1.165) is 19.3 Å². The van der Waals surface area contributed by atoms with Crippen molar-refractivity contribution < 1.29 is 14.2 Å². The highest BCUT2D eigenvalue weighted by atomic mass is 16.5. The average Bonchev–Trinajstić information content (AvgIpc) is 2.48. The van der Waals surface area contributed by atoms with Crippen LogP contribution in [-0.4, -0.2) is 64.8 Å². The lowest BCUT2D eigenvalue weighted by molar-refractivity contribution is -0.0233. The standard InChI is InChI=1S/C13H33N5O3/c14-4-1-7-19-10-13(16,11-20-8-2-5-15)12-21-9-3-6-18-17/h18H,1-12,14-17H2. The molecule has 0 fully saturated rings. The Balaban J connectivity index is 3.98. The van der Waals surface area contributed by atoms with Crippen molar-refractivity contribution in [3.8, 4) is 0 Å². The fourth-order valence-corrected chi connectivity index (χ4v) is 1.60. The van der Waals surface area contributed by atoms with Crippen molar-refractivity contribution in [1.29, 1.82) is 0 Å². The molecule has 0 aromatic carbocycles. The van der Waals surface area contributed by atoms with Crippen molar-refractivity contribution in [3.05, 3.63) is 0 Å². The molecule has 8 nitrogen and oxygen atoms in total. The SMILES string of the molecule is NCCCOCC(N)(COCCCN)COCCCNN. The minimum absolute atomic E-state index is 0.378. The zero-order valence-electron chi connectivity index (χ0n) is 13.0. The molecule has 0 aliphatic carbocycles. The predicted octanol–water partition coefficient (Wildman–Crippen LogP) is -1.72. The highest BCUT2D eigenvalue weighted by molar-refractivity contribution is 4.84. The molecule has 0 aromatic rings. The molecule has 0 amide bonds. The maximum atomic E-state index is 6.30. The first-order valence-corrected chi connectivity index (χ1v) is 7.54. The molecule has 0 saturated heterocycles. The number of rotatable bonds is 16. The Morgan fingerprint density at radius 1 is 0.762 bits per heavy atom. The van der Waals surface area contributed by atoms with Gasteiger partial charge in [0.2, 0.25) is 0 Å². The number of nitrogens with two attached hydrogens (primary N) is 4.